The summed E-state index contributed by atoms with van der Waals surface area (Å²) < 4.78 is 1.86. The SMILES string of the molecule is Cn1ccnc1SCC(=O)Nc1ccccc1C(=O)NCc1ccc(CN2CCCCC2)cc1. The molecule has 1 saturated heterocycles. The number of imidazole rings is 1. The number of hydrogen-bond donors (Lipinski definition) is 2. The Hall–Kier alpha value is -3.10. The van der Waals surface area contributed by atoms with Crippen LogP contribution in [-0.2, 0) is 24.9 Å². The topological polar surface area (TPSA) is 79.3 Å². The van der Waals surface area contributed by atoms with E-state index in [9.17, 15) is 9.59 Å². The van der Waals surface area contributed by atoms with Crippen molar-refractivity contribution in [3.05, 3.63) is 77.6 Å². The highest BCUT2D eigenvalue weighted by Gasteiger charge is 2.14. The van der Waals surface area contributed by atoms with Crippen molar-refractivity contribution >= 4 is 29.3 Å². The molecule has 0 unspecified atom stereocenters. The summed E-state index contributed by atoms with van der Waals surface area (Å²) in [4.78, 5) is 32.0. The number of amides is 2. The second-order valence-corrected chi connectivity index (χ2v) is 9.48. The van der Waals surface area contributed by atoms with Crippen LogP contribution >= 0.6 is 11.8 Å². The minimum absolute atomic E-state index is 0.183. The average molecular weight is 478 g/mol. The second-order valence-electron chi connectivity index (χ2n) is 8.54. The summed E-state index contributed by atoms with van der Waals surface area (Å²) in [5.41, 5.74) is 3.29. The molecule has 1 aliphatic rings. The number of nitrogens with one attached hydrogen (secondary N) is 2. The Morgan fingerprint density at radius 1 is 1.00 bits per heavy atom. The summed E-state index contributed by atoms with van der Waals surface area (Å²) in [6, 6.07) is 15.5. The fourth-order valence-electron chi connectivity index (χ4n) is 4.01. The summed E-state index contributed by atoms with van der Waals surface area (Å²) in [6.45, 7) is 3.77. The monoisotopic (exact) mass is 477 g/mol. The molecule has 2 N–H and O–H groups in total. The van der Waals surface area contributed by atoms with Crippen LogP contribution in [0.15, 0.2) is 66.1 Å². The zero-order chi connectivity index (χ0) is 23.8. The van der Waals surface area contributed by atoms with Gasteiger partial charge >= 0.3 is 0 Å². The highest BCUT2D eigenvalue weighted by molar-refractivity contribution is 7.99. The fourth-order valence-corrected chi connectivity index (χ4v) is 4.75. The molecule has 2 aromatic carbocycles. The molecule has 34 heavy (non-hydrogen) atoms. The van der Waals surface area contributed by atoms with Crippen LogP contribution < -0.4 is 10.6 Å². The number of nitrogens with zero attached hydrogens (tertiary/aromatic N) is 3. The van der Waals surface area contributed by atoms with Crippen LogP contribution in [0.5, 0.6) is 0 Å². The third-order valence-electron chi connectivity index (χ3n) is 5.89. The zero-order valence-electron chi connectivity index (χ0n) is 19.5. The molecule has 2 amide bonds. The van der Waals surface area contributed by atoms with Gasteiger partial charge in [-0.05, 0) is 49.2 Å². The van der Waals surface area contributed by atoms with Crippen molar-refractivity contribution in [2.75, 3.05) is 24.2 Å². The lowest BCUT2D eigenvalue weighted by atomic mass is 10.1. The van der Waals surface area contributed by atoms with E-state index < -0.39 is 0 Å². The lowest BCUT2D eigenvalue weighted by molar-refractivity contribution is -0.113. The van der Waals surface area contributed by atoms with Crippen molar-refractivity contribution in [1.82, 2.24) is 19.8 Å². The first-order valence-corrected chi connectivity index (χ1v) is 12.6. The first-order chi connectivity index (χ1) is 16.6. The minimum atomic E-state index is -0.218. The first-order valence-electron chi connectivity index (χ1n) is 11.7. The molecule has 0 aliphatic carbocycles. The fraction of sp³-hybridized carbons (Fsp3) is 0.346. The van der Waals surface area contributed by atoms with Gasteiger partial charge in [-0.25, -0.2) is 4.98 Å². The van der Waals surface area contributed by atoms with Gasteiger partial charge in [0.1, 0.15) is 0 Å². The van der Waals surface area contributed by atoms with Gasteiger partial charge in [-0.15, -0.1) is 0 Å². The summed E-state index contributed by atoms with van der Waals surface area (Å²) in [7, 11) is 1.88. The molecule has 3 aromatic rings. The number of anilines is 1. The third-order valence-corrected chi connectivity index (χ3v) is 6.94. The highest BCUT2D eigenvalue weighted by Crippen LogP contribution is 2.19. The van der Waals surface area contributed by atoms with Crippen molar-refractivity contribution < 1.29 is 9.59 Å². The molecule has 0 bridgehead atoms. The lowest BCUT2D eigenvalue weighted by Crippen LogP contribution is -2.29. The zero-order valence-corrected chi connectivity index (χ0v) is 20.3. The second kappa shape index (κ2) is 11.9. The van der Waals surface area contributed by atoms with Crippen LogP contribution in [0.25, 0.3) is 0 Å². The maximum absolute atomic E-state index is 12.9. The van der Waals surface area contributed by atoms with Gasteiger partial charge in [0.15, 0.2) is 5.16 Å². The number of rotatable bonds is 9. The van der Waals surface area contributed by atoms with Crippen LogP contribution in [0, 0.1) is 0 Å². The Bertz CT molecular complexity index is 1110. The molecule has 7 nitrogen and oxygen atoms in total. The molecule has 0 atom stereocenters. The number of benzene rings is 2. The van der Waals surface area contributed by atoms with Crippen molar-refractivity contribution in [3.63, 3.8) is 0 Å². The first kappa shape index (κ1) is 24.0. The van der Waals surface area contributed by atoms with E-state index in [0.29, 0.717) is 17.8 Å². The number of aryl methyl sites for hydroxylation is 1. The number of carbonyl (C=O) groups is 2. The van der Waals surface area contributed by atoms with Gasteiger partial charge in [0.25, 0.3) is 5.91 Å². The molecule has 8 heteroatoms. The number of likely N-dealkylation sites (tertiary alicyclic amines) is 1. The van der Waals surface area contributed by atoms with E-state index >= 15 is 0 Å². The normalized spacial score (nSPS) is 14.0. The molecule has 2 heterocycles. The van der Waals surface area contributed by atoms with Crippen molar-refractivity contribution in [2.24, 2.45) is 7.05 Å². The van der Waals surface area contributed by atoms with Gasteiger partial charge in [-0.3, -0.25) is 14.5 Å². The quantitative estimate of drug-likeness (QED) is 0.454. The smallest absolute Gasteiger partial charge is 0.253 e. The standard InChI is InChI=1S/C26H31N5O2S/c1-30-16-13-27-26(30)34-19-24(32)29-23-8-4-3-7-22(23)25(33)28-17-20-9-11-21(12-10-20)18-31-14-5-2-6-15-31/h3-4,7-13,16H,2,5-6,14-15,17-19H2,1H3,(H,28,33)(H,29,32). The maximum Gasteiger partial charge on any atom is 0.253 e. The Morgan fingerprint density at radius 3 is 2.47 bits per heavy atom. The van der Waals surface area contributed by atoms with Crippen LogP contribution in [-0.4, -0.2) is 45.1 Å². The number of aromatic nitrogens is 2. The van der Waals surface area contributed by atoms with Gasteiger partial charge in [0.05, 0.1) is 17.0 Å². The van der Waals surface area contributed by atoms with Crippen LogP contribution in [0.3, 0.4) is 0 Å². The van der Waals surface area contributed by atoms with E-state index in [1.807, 2.05) is 17.8 Å². The van der Waals surface area contributed by atoms with Gasteiger partial charge < -0.3 is 15.2 Å². The van der Waals surface area contributed by atoms with E-state index in [0.717, 1.165) is 17.3 Å². The van der Waals surface area contributed by atoms with Gasteiger partial charge in [-0.1, -0.05) is 54.6 Å². The molecular weight excluding hydrogens is 446 g/mol. The summed E-state index contributed by atoms with van der Waals surface area (Å²) in [5, 5.41) is 6.59. The third kappa shape index (κ3) is 6.71. The molecule has 1 fully saturated rings. The van der Waals surface area contributed by atoms with Crippen LogP contribution in [0.1, 0.15) is 40.7 Å². The van der Waals surface area contributed by atoms with E-state index in [4.69, 9.17) is 0 Å². The summed E-state index contributed by atoms with van der Waals surface area (Å²) >= 11 is 1.35. The molecule has 0 saturated carbocycles. The van der Waals surface area contributed by atoms with E-state index in [1.54, 1.807) is 30.5 Å². The molecule has 4 rings (SSSR count). The molecule has 178 valence electrons. The van der Waals surface area contributed by atoms with E-state index in [-0.39, 0.29) is 17.6 Å². The number of piperidine rings is 1. The molecular formula is C26H31N5O2S. The van der Waals surface area contributed by atoms with Gasteiger partial charge in [-0.2, -0.15) is 0 Å². The molecule has 0 radical (unpaired) electrons. The largest absolute Gasteiger partial charge is 0.348 e. The molecule has 1 aliphatic heterocycles. The highest BCUT2D eigenvalue weighted by atomic mass is 32.2. The Labute approximate surface area is 204 Å². The number of carbonyl (C=O) groups excluding carboxylic acids is 2. The van der Waals surface area contributed by atoms with E-state index in [1.165, 1.54) is 49.7 Å². The van der Waals surface area contributed by atoms with Gasteiger partial charge in [0.2, 0.25) is 5.91 Å². The maximum atomic E-state index is 12.9. The van der Waals surface area contributed by atoms with Crippen LogP contribution in [0.4, 0.5) is 5.69 Å². The average Bonchev–Trinajstić information content (AvgIpc) is 3.27. The number of hydrogen-bond acceptors (Lipinski definition) is 5. The number of thioether (sulfide) groups is 1. The van der Waals surface area contributed by atoms with Crippen molar-refractivity contribution in [1.29, 1.82) is 0 Å². The van der Waals surface area contributed by atoms with E-state index in [2.05, 4.69) is 44.8 Å². The predicted octanol–water partition coefficient (Wildman–Crippen LogP) is 4.07. The Kier molecular flexibility index (Phi) is 8.38. The number of para-hydroxylation sites is 1. The minimum Gasteiger partial charge on any atom is -0.348 e. The Morgan fingerprint density at radius 2 is 1.74 bits per heavy atom. The lowest BCUT2D eigenvalue weighted by Gasteiger charge is -2.26. The molecule has 1 aromatic heterocycles. The summed E-state index contributed by atoms with van der Waals surface area (Å²) in [6.07, 6.45) is 7.44. The molecule has 0 spiro atoms. The van der Waals surface area contributed by atoms with Crippen LogP contribution in [0.2, 0.25) is 0 Å². The Balaban J connectivity index is 1.29. The predicted molar refractivity (Wildman–Crippen MR) is 136 cm³/mol. The summed E-state index contributed by atoms with van der Waals surface area (Å²) in [5.74, 6) is -0.187. The van der Waals surface area contributed by atoms with Crippen molar-refractivity contribution in [3.8, 4) is 0 Å². The van der Waals surface area contributed by atoms with Gasteiger partial charge in [0, 0.05) is 32.5 Å². The van der Waals surface area contributed by atoms with Crippen molar-refractivity contribution in [2.45, 2.75) is 37.5 Å².